The van der Waals surface area contributed by atoms with Crippen molar-refractivity contribution in [3.8, 4) is 11.4 Å². The van der Waals surface area contributed by atoms with Crippen LogP contribution in [-0.2, 0) is 39.5 Å². The lowest BCUT2D eigenvalue weighted by Gasteiger charge is -2.35. The number of nitrogens with zero attached hydrogens (tertiary/aromatic N) is 3. The number of ether oxygens (including phenoxy) is 1. The van der Waals surface area contributed by atoms with E-state index in [0.717, 1.165) is 22.1 Å². The third-order valence-corrected chi connectivity index (χ3v) is 8.34. The molecule has 2 unspecified atom stereocenters. The monoisotopic (exact) mass is 507 g/mol. The number of pyridine rings is 2. The number of carbonyl (C=O) groups excluding carboxylic acids is 2. The minimum Gasteiger partial charge on any atom is -0.458 e. The third-order valence-electron chi connectivity index (χ3n) is 8.34. The van der Waals surface area contributed by atoms with Crippen LogP contribution in [0.2, 0.25) is 0 Å². The summed E-state index contributed by atoms with van der Waals surface area (Å²) in [7, 11) is 1.63. The van der Waals surface area contributed by atoms with Gasteiger partial charge in [0.25, 0.3) is 5.56 Å². The van der Waals surface area contributed by atoms with Gasteiger partial charge >= 0.3 is 5.97 Å². The summed E-state index contributed by atoms with van der Waals surface area (Å²) in [6, 6.07) is 2.57. The van der Waals surface area contributed by atoms with Crippen molar-refractivity contribution in [2.24, 2.45) is 0 Å². The van der Waals surface area contributed by atoms with Gasteiger partial charge < -0.3 is 24.4 Å². The van der Waals surface area contributed by atoms with Crippen LogP contribution >= 0.6 is 0 Å². The molecule has 1 aromatic carbocycles. The highest BCUT2D eigenvalue weighted by Crippen LogP contribution is 2.47. The minimum absolute atomic E-state index is 0.0228. The van der Waals surface area contributed by atoms with E-state index in [2.05, 4.69) is 0 Å². The molecule has 2 N–H and O–H groups in total. The Bertz CT molecular complexity index is 1610. The highest BCUT2D eigenvalue weighted by molar-refractivity contribution is 5.94. The van der Waals surface area contributed by atoms with Gasteiger partial charge in [-0.05, 0) is 48.9 Å². The van der Waals surface area contributed by atoms with Gasteiger partial charge in [0.1, 0.15) is 19.0 Å². The summed E-state index contributed by atoms with van der Waals surface area (Å²) in [6.45, 7) is 2.64. The Kier molecular flexibility index (Phi) is 5.09. The molecule has 2 aliphatic heterocycles. The van der Waals surface area contributed by atoms with Crippen molar-refractivity contribution in [1.82, 2.24) is 14.5 Å². The fourth-order valence-electron chi connectivity index (χ4n) is 6.20. The first-order chi connectivity index (χ1) is 17.6. The molecule has 0 radical (unpaired) electrons. The van der Waals surface area contributed by atoms with Crippen molar-refractivity contribution in [1.29, 1.82) is 0 Å². The zero-order chi connectivity index (χ0) is 26.4. The van der Waals surface area contributed by atoms with Gasteiger partial charge in [0.15, 0.2) is 5.60 Å². The maximum atomic E-state index is 14.9. The lowest BCUT2D eigenvalue weighted by Crippen LogP contribution is -2.44. The number of aromatic nitrogens is 2. The van der Waals surface area contributed by atoms with Crippen LogP contribution < -0.4 is 5.56 Å². The summed E-state index contributed by atoms with van der Waals surface area (Å²) < 4.78 is 21.6. The number of aryl methyl sites for hydroxylation is 1. The molecule has 9 nitrogen and oxygen atoms in total. The minimum atomic E-state index is -1.96. The molecular formula is C27H26FN3O6. The molecule has 3 aliphatic rings. The van der Waals surface area contributed by atoms with Crippen molar-refractivity contribution in [3.05, 3.63) is 61.7 Å². The summed E-state index contributed by atoms with van der Waals surface area (Å²) in [5, 5.41) is 21.4. The third kappa shape index (κ3) is 3.02. The fraction of sp³-hybridized carbons (Fsp3) is 0.407. The van der Waals surface area contributed by atoms with Crippen molar-refractivity contribution in [3.63, 3.8) is 0 Å². The number of hydrogen-bond donors (Lipinski definition) is 2. The van der Waals surface area contributed by atoms with Crippen LogP contribution in [-0.4, -0.2) is 50.2 Å². The van der Waals surface area contributed by atoms with Crippen molar-refractivity contribution < 1.29 is 28.9 Å². The summed E-state index contributed by atoms with van der Waals surface area (Å²) in [4.78, 5) is 44.9. The Labute approximate surface area is 211 Å². The second-order valence-electron chi connectivity index (χ2n) is 10.0. The first-order valence-electron chi connectivity index (χ1n) is 12.3. The molecule has 2 atom stereocenters. The van der Waals surface area contributed by atoms with E-state index in [1.165, 1.54) is 15.5 Å². The summed E-state index contributed by atoms with van der Waals surface area (Å²) in [5.74, 6) is -1.64. The molecule has 1 aliphatic carbocycles. The number of benzene rings is 1. The van der Waals surface area contributed by atoms with E-state index in [1.54, 1.807) is 27.0 Å². The van der Waals surface area contributed by atoms with E-state index in [0.29, 0.717) is 35.3 Å². The molecule has 2 aromatic heterocycles. The molecule has 0 fully saturated rings. The fourth-order valence-corrected chi connectivity index (χ4v) is 6.20. The molecular weight excluding hydrogens is 481 g/mol. The van der Waals surface area contributed by atoms with Gasteiger partial charge in [-0.15, -0.1) is 0 Å². The van der Waals surface area contributed by atoms with Crippen molar-refractivity contribution in [2.75, 3.05) is 13.7 Å². The van der Waals surface area contributed by atoms with Crippen molar-refractivity contribution >= 4 is 22.8 Å². The Morgan fingerprint density at radius 3 is 2.76 bits per heavy atom. The van der Waals surface area contributed by atoms with Crippen LogP contribution in [0.15, 0.2) is 16.9 Å². The molecule has 4 heterocycles. The number of aliphatic hydroxyl groups excluding tert-OH is 1. The Morgan fingerprint density at radius 2 is 2.05 bits per heavy atom. The summed E-state index contributed by atoms with van der Waals surface area (Å²) >= 11 is 0. The van der Waals surface area contributed by atoms with E-state index < -0.39 is 35.7 Å². The number of rotatable bonds is 3. The van der Waals surface area contributed by atoms with E-state index in [-0.39, 0.29) is 36.5 Å². The van der Waals surface area contributed by atoms with Crippen LogP contribution in [0.25, 0.3) is 22.3 Å². The van der Waals surface area contributed by atoms with Crippen LogP contribution in [0.3, 0.4) is 0 Å². The molecule has 0 saturated carbocycles. The van der Waals surface area contributed by atoms with Gasteiger partial charge in [-0.3, -0.25) is 9.59 Å². The standard InChI is InChI=1S/C27H26FN3O6/c1-4-27(36)16-7-20-24-14(9-31(20)25(34)15(16)11-37-26(27)35)23-19(30(3)21(33)10-32)6-5-13-12(2)17(28)8-18(29-24)22(13)23/h7-8,19,32,36H,4-6,9-11H2,1-3H3. The molecule has 1 amide bonds. The largest absolute Gasteiger partial charge is 0.458 e. The maximum Gasteiger partial charge on any atom is 0.343 e. The van der Waals surface area contributed by atoms with Gasteiger partial charge in [-0.25, -0.2) is 14.2 Å². The van der Waals surface area contributed by atoms with E-state index >= 15 is 0 Å². The lowest BCUT2D eigenvalue weighted by molar-refractivity contribution is -0.172. The average molecular weight is 508 g/mol. The van der Waals surface area contributed by atoms with E-state index in [4.69, 9.17) is 9.72 Å². The number of amides is 1. The predicted octanol–water partition coefficient (Wildman–Crippen LogP) is 1.97. The first-order valence-corrected chi connectivity index (χ1v) is 12.3. The Morgan fingerprint density at radius 1 is 1.30 bits per heavy atom. The smallest absolute Gasteiger partial charge is 0.343 e. The second kappa shape index (κ2) is 7.93. The van der Waals surface area contributed by atoms with E-state index in [1.807, 2.05) is 0 Å². The van der Waals surface area contributed by atoms with Crippen LogP contribution in [0, 0.1) is 12.7 Å². The van der Waals surface area contributed by atoms with Gasteiger partial charge in [-0.1, -0.05) is 6.92 Å². The normalized spacial score (nSPS) is 21.4. The Balaban J connectivity index is 1.68. The number of halogens is 1. The van der Waals surface area contributed by atoms with E-state index in [9.17, 15) is 29.0 Å². The number of aliphatic hydroxyl groups is 2. The predicted molar refractivity (Wildman–Crippen MR) is 130 cm³/mol. The average Bonchev–Trinajstić information content (AvgIpc) is 3.27. The molecule has 0 saturated heterocycles. The summed E-state index contributed by atoms with van der Waals surface area (Å²) in [6.07, 6.45) is 1.07. The topological polar surface area (TPSA) is 122 Å². The molecule has 37 heavy (non-hydrogen) atoms. The quantitative estimate of drug-likeness (QED) is 0.407. The zero-order valence-corrected chi connectivity index (χ0v) is 20.7. The molecule has 10 heteroatoms. The number of carbonyl (C=O) groups is 2. The number of likely N-dealkylation sites (N-methyl/N-ethyl adjacent to an activating group) is 1. The van der Waals surface area contributed by atoms with Crippen LogP contribution in [0.1, 0.15) is 59.2 Å². The van der Waals surface area contributed by atoms with Gasteiger partial charge in [-0.2, -0.15) is 0 Å². The molecule has 0 bridgehead atoms. The number of cyclic esters (lactones) is 1. The zero-order valence-electron chi connectivity index (χ0n) is 20.7. The van der Waals surface area contributed by atoms with Crippen LogP contribution in [0.5, 0.6) is 0 Å². The van der Waals surface area contributed by atoms with Gasteiger partial charge in [0, 0.05) is 29.6 Å². The van der Waals surface area contributed by atoms with Crippen molar-refractivity contribution in [2.45, 2.75) is 57.9 Å². The molecule has 3 aromatic rings. The SMILES string of the molecule is CCC1(O)C(=O)OCc2c1cc1n(c2=O)Cc2c-1nc1cc(F)c(C)c3c1c2C(N(C)C(=O)CO)CC3. The highest BCUT2D eigenvalue weighted by atomic mass is 19.1. The highest BCUT2D eigenvalue weighted by Gasteiger charge is 2.46. The first kappa shape index (κ1) is 23.7. The molecule has 192 valence electrons. The Hall–Kier alpha value is -3.63. The summed E-state index contributed by atoms with van der Waals surface area (Å²) in [5.41, 5.74) is 2.20. The van der Waals surface area contributed by atoms with Crippen LogP contribution in [0.4, 0.5) is 4.39 Å². The lowest BCUT2D eigenvalue weighted by atomic mass is 9.81. The molecule has 0 spiro atoms. The number of esters is 1. The van der Waals surface area contributed by atoms with Gasteiger partial charge in [0.05, 0.1) is 35.1 Å². The van der Waals surface area contributed by atoms with Gasteiger partial charge in [0.2, 0.25) is 5.91 Å². The molecule has 6 rings (SSSR count). The number of hydrogen-bond acceptors (Lipinski definition) is 7. The second-order valence-corrected chi connectivity index (χ2v) is 10.0. The maximum absolute atomic E-state index is 14.9. The number of fused-ring (bicyclic) bond motifs is 5.